The van der Waals surface area contributed by atoms with Gasteiger partial charge in [0.25, 0.3) is 0 Å². The average Bonchev–Trinajstić information content (AvgIpc) is 2.92. The predicted octanol–water partition coefficient (Wildman–Crippen LogP) is 1.86. The van der Waals surface area contributed by atoms with E-state index in [0.29, 0.717) is 0 Å². The minimum Gasteiger partial charge on any atom is -0.313 e. The van der Waals surface area contributed by atoms with Gasteiger partial charge >= 0.3 is 0 Å². The van der Waals surface area contributed by atoms with E-state index in [4.69, 9.17) is 0 Å². The molecular weight excluding hydrogens is 172 g/mol. The molecule has 0 radical (unpaired) electrons. The van der Waals surface area contributed by atoms with Gasteiger partial charge in [0.05, 0.1) is 0 Å². The molecule has 1 N–H and O–H groups in total. The lowest BCUT2D eigenvalue weighted by Gasteiger charge is -2.18. The molecule has 82 valence electrons. The van der Waals surface area contributed by atoms with E-state index in [1.54, 1.807) is 0 Å². The quantitative estimate of drug-likeness (QED) is 0.722. The van der Waals surface area contributed by atoms with E-state index >= 15 is 0 Å². The van der Waals surface area contributed by atoms with Crippen LogP contribution in [0, 0.1) is 5.92 Å². The molecule has 2 rings (SSSR count). The molecule has 2 aliphatic carbocycles. The third kappa shape index (κ3) is 2.96. The number of hydrogen-bond donors (Lipinski definition) is 1. The van der Waals surface area contributed by atoms with E-state index < -0.39 is 0 Å². The van der Waals surface area contributed by atoms with Crippen LogP contribution >= 0.6 is 0 Å². The Hall–Kier alpha value is -0.0800. The molecule has 0 aromatic heterocycles. The van der Waals surface area contributed by atoms with E-state index in [9.17, 15) is 0 Å². The number of nitrogens with zero attached hydrogens (tertiary/aromatic N) is 1. The van der Waals surface area contributed by atoms with Gasteiger partial charge in [0, 0.05) is 25.2 Å². The first-order valence-electron chi connectivity index (χ1n) is 6.19. The number of likely N-dealkylation sites (N-methyl/N-ethyl adjacent to an activating group) is 1. The van der Waals surface area contributed by atoms with Crippen LogP contribution in [0.3, 0.4) is 0 Å². The zero-order valence-corrected chi connectivity index (χ0v) is 9.63. The van der Waals surface area contributed by atoms with E-state index in [1.807, 2.05) is 0 Å². The zero-order chi connectivity index (χ0) is 9.97. The highest BCUT2D eigenvalue weighted by Crippen LogP contribution is 2.25. The summed E-state index contributed by atoms with van der Waals surface area (Å²) in [7, 11) is 2.26. The lowest BCUT2D eigenvalue weighted by Crippen LogP contribution is -2.35. The van der Waals surface area contributed by atoms with Gasteiger partial charge in [0.2, 0.25) is 0 Å². The van der Waals surface area contributed by atoms with E-state index in [-0.39, 0.29) is 0 Å². The molecule has 0 amide bonds. The van der Waals surface area contributed by atoms with Crippen LogP contribution in [0.1, 0.15) is 39.0 Å². The van der Waals surface area contributed by atoms with Crippen LogP contribution in [0.5, 0.6) is 0 Å². The van der Waals surface area contributed by atoms with Gasteiger partial charge in [-0.3, -0.25) is 0 Å². The fourth-order valence-corrected chi connectivity index (χ4v) is 2.54. The molecule has 2 aliphatic rings. The fraction of sp³-hybridized carbons (Fsp3) is 1.00. The summed E-state index contributed by atoms with van der Waals surface area (Å²) in [4.78, 5) is 2.51. The molecule has 0 spiro atoms. The van der Waals surface area contributed by atoms with Gasteiger partial charge < -0.3 is 10.2 Å². The Morgan fingerprint density at radius 1 is 1.21 bits per heavy atom. The van der Waals surface area contributed by atoms with Crippen molar-refractivity contribution in [3.63, 3.8) is 0 Å². The first-order valence-corrected chi connectivity index (χ1v) is 6.19. The molecule has 2 heteroatoms. The summed E-state index contributed by atoms with van der Waals surface area (Å²) in [6.45, 7) is 4.79. The zero-order valence-electron chi connectivity index (χ0n) is 9.63. The van der Waals surface area contributed by atoms with Crippen molar-refractivity contribution in [3.8, 4) is 0 Å². The van der Waals surface area contributed by atoms with Gasteiger partial charge in [-0.15, -0.1) is 0 Å². The molecule has 2 atom stereocenters. The van der Waals surface area contributed by atoms with Crippen molar-refractivity contribution in [3.05, 3.63) is 0 Å². The van der Waals surface area contributed by atoms with Crippen LogP contribution in [-0.2, 0) is 0 Å². The third-order valence-electron chi connectivity index (χ3n) is 3.76. The smallest absolute Gasteiger partial charge is 0.0107 e. The molecular formula is C12H24N2. The predicted molar refractivity (Wildman–Crippen MR) is 60.5 cm³/mol. The largest absolute Gasteiger partial charge is 0.313 e. The maximum absolute atomic E-state index is 3.68. The standard InChI is InChI=1S/C12H24N2/c1-10-3-4-11(9-10)13-7-8-14(2)12-5-6-12/h10-13H,3-9H2,1-2H3. The number of nitrogens with one attached hydrogen (secondary N) is 1. The summed E-state index contributed by atoms with van der Waals surface area (Å²) in [5.74, 6) is 0.952. The highest BCUT2D eigenvalue weighted by atomic mass is 15.2. The molecule has 0 heterocycles. The van der Waals surface area contributed by atoms with E-state index in [0.717, 1.165) is 18.0 Å². The van der Waals surface area contributed by atoms with Crippen LogP contribution in [0.15, 0.2) is 0 Å². The van der Waals surface area contributed by atoms with Crippen LogP contribution in [0.4, 0.5) is 0 Å². The highest BCUT2D eigenvalue weighted by molar-refractivity contribution is 4.83. The Morgan fingerprint density at radius 3 is 2.57 bits per heavy atom. The Labute approximate surface area is 88.1 Å². The van der Waals surface area contributed by atoms with Gasteiger partial charge in [-0.25, -0.2) is 0 Å². The average molecular weight is 196 g/mol. The number of rotatable bonds is 5. The molecule has 0 saturated heterocycles. The highest BCUT2D eigenvalue weighted by Gasteiger charge is 2.26. The molecule has 2 nitrogen and oxygen atoms in total. The fourth-order valence-electron chi connectivity index (χ4n) is 2.54. The lowest BCUT2D eigenvalue weighted by atomic mass is 10.1. The second kappa shape index (κ2) is 4.63. The first-order chi connectivity index (χ1) is 6.75. The summed E-state index contributed by atoms with van der Waals surface area (Å²) in [5.41, 5.74) is 0. The maximum atomic E-state index is 3.68. The molecule has 0 bridgehead atoms. The van der Waals surface area contributed by atoms with Gasteiger partial charge in [-0.1, -0.05) is 6.92 Å². The number of hydrogen-bond acceptors (Lipinski definition) is 2. The van der Waals surface area contributed by atoms with Gasteiger partial charge in [0.15, 0.2) is 0 Å². The normalized spacial score (nSPS) is 32.8. The Kier molecular flexibility index (Phi) is 3.45. The Bertz CT molecular complexity index is 177. The first kappa shape index (κ1) is 10.4. The minimum absolute atomic E-state index is 0.817. The second-order valence-electron chi connectivity index (χ2n) is 5.28. The van der Waals surface area contributed by atoms with Crippen molar-refractivity contribution in [2.45, 2.75) is 51.1 Å². The molecule has 2 saturated carbocycles. The summed E-state index contributed by atoms with van der Waals surface area (Å²) >= 11 is 0. The van der Waals surface area contributed by atoms with Gasteiger partial charge in [-0.2, -0.15) is 0 Å². The monoisotopic (exact) mass is 196 g/mol. The van der Waals surface area contributed by atoms with Gasteiger partial charge in [-0.05, 0) is 45.1 Å². The van der Waals surface area contributed by atoms with Crippen LogP contribution < -0.4 is 5.32 Å². The third-order valence-corrected chi connectivity index (χ3v) is 3.76. The van der Waals surface area contributed by atoms with Crippen molar-refractivity contribution >= 4 is 0 Å². The molecule has 0 aromatic carbocycles. The Balaban J connectivity index is 1.54. The van der Waals surface area contributed by atoms with Gasteiger partial charge in [0.1, 0.15) is 0 Å². The topological polar surface area (TPSA) is 15.3 Å². The van der Waals surface area contributed by atoms with Crippen molar-refractivity contribution in [2.24, 2.45) is 5.92 Å². The molecule has 2 unspecified atom stereocenters. The summed E-state index contributed by atoms with van der Waals surface area (Å²) in [5, 5.41) is 3.68. The summed E-state index contributed by atoms with van der Waals surface area (Å²) in [6.07, 6.45) is 7.07. The second-order valence-corrected chi connectivity index (χ2v) is 5.28. The molecule has 14 heavy (non-hydrogen) atoms. The van der Waals surface area contributed by atoms with Crippen LogP contribution in [-0.4, -0.2) is 37.1 Å². The van der Waals surface area contributed by atoms with Crippen molar-refractivity contribution in [1.82, 2.24) is 10.2 Å². The van der Waals surface area contributed by atoms with Crippen LogP contribution in [0.2, 0.25) is 0 Å². The maximum Gasteiger partial charge on any atom is 0.0107 e. The van der Waals surface area contributed by atoms with Crippen molar-refractivity contribution < 1.29 is 0 Å². The van der Waals surface area contributed by atoms with E-state index in [2.05, 4.69) is 24.2 Å². The van der Waals surface area contributed by atoms with E-state index in [1.165, 1.54) is 45.2 Å². The SMILES string of the molecule is CC1CCC(NCCN(C)C2CC2)C1. The molecule has 0 aliphatic heterocycles. The van der Waals surface area contributed by atoms with Crippen molar-refractivity contribution in [1.29, 1.82) is 0 Å². The van der Waals surface area contributed by atoms with Crippen molar-refractivity contribution in [2.75, 3.05) is 20.1 Å². The van der Waals surface area contributed by atoms with Crippen LogP contribution in [0.25, 0.3) is 0 Å². The minimum atomic E-state index is 0.817. The lowest BCUT2D eigenvalue weighted by molar-refractivity contribution is 0.313. The summed E-state index contributed by atoms with van der Waals surface area (Å²) in [6, 6.07) is 1.73. The summed E-state index contributed by atoms with van der Waals surface area (Å²) < 4.78 is 0. The molecule has 0 aromatic rings. The molecule has 2 fully saturated rings. The Morgan fingerprint density at radius 2 is 2.00 bits per heavy atom.